The minimum absolute atomic E-state index is 0.111. The first-order chi connectivity index (χ1) is 12.6. The molecule has 1 heterocycles. The molecule has 2 rings (SSSR count). The molecule has 1 unspecified atom stereocenters. The molecule has 0 bridgehead atoms. The first-order valence-corrected chi connectivity index (χ1v) is 9.25. The van der Waals surface area contributed by atoms with E-state index < -0.39 is 17.4 Å². The van der Waals surface area contributed by atoms with E-state index in [2.05, 4.69) is 0 Å². The van der Waals surface area contributed by atoms with Gasteiger partial charge in [0.2, 0.25) is 0 Å². The van der Waals surface area contributed by atoms with Gasteiger partial charge in [0.15, 0.2) is 0 Å². The number of aliphatic carboxylic acids is 1. The molecule has 1 atom stereocenters. The van der Waals surface area contributed by atoms with E-state index in [1.165, 1.54) is 6.07 Å². The Labute approximate surface area is 159 Å². The predicted molar refractivity (Wildman–Crippen MR) is 98.4 cm³/mol. The standard InChI is InChI=1S/C20H28FNO5/c1-20(2,3)27-19(25)22-10-4-5-14(12-22)13-26-16-8-6-15(17(21)11-16)7-9-18(23)24/h6,8,11,14H,4-5,7,9-10,12-13H2,1-3H3,(H,23,24). The lowest BCUT2D eigenvalue weighted by atomic mass is 9.99. The number of nitrogens with zero attached hydrogens (tertiary/aromatic N) is 1. The third kappa shape index (κ3) is 7.07. The molecule has 0 radical (unpaired) electrons. The molecule has 1 aliphatic heterocycles. The van der Waals surface area contributed by atoms with Crippen LogP contribution in [0.5, 0.6) is 5.75 Å². The molecule has 7 heteroatoms. The average Bonchev–Trinajstić information content (AvgIpc) is 2.58. The zero-order chi connectivity index (χ0) is 20.0. The fourth-order valence-corrected chi connectivity index (χ4v) is 2.97. The van der Waals surface area contributed by atoms with Gasteiger partial charge in [0.05, 0.1) is 6.61 Å². The number of likely N-dealkylation sites (tertiary alicyclic amines) is 1. The van der Waals surface area contributed by atoms with E-state index in [1.54, 1.807) is 17.0 Å². The van der Waals surface area contributed by atoms with Crippen molar-refractivity contribution in [3.63, 3.8) is 0 Å². The van der Waals surface area contributed by atoms with E-state index in [9.17, 15) is 14.0 Å². The van der Waals surface area contributed by atoms with Crippen molar-refractivity contribution in [3.8, 4) is 5.75 Å². The highest BCUT2D eigenvalue weighted by Crippen LogP contribution is 2.22. The summed E-state index contributed by atoms with van der Waals surface area (Å²) in [6, 6.07) is 4.49. The number of ether oxygens (including phenoxy) is 2. The van der Waals surface area contributed by atoms with Gasteiger partial charge in [0.1, 0.15) is 17.2 Å². The molecule has 1 fully saturated rings. The van der Waals surface area contributed by atoms with Crippen molar-refractivity contribution in [1.82, 2.24) is 4.90 Å². The van der Waals surface area contributed by atoms with Crippen molar-refractivity contribution in [1.29, 1.82) is 0 Å². The SMILES string of the molecule is CC(C)(C)OC(=O)N1CCCC(COc2ccc(CCC(=O)O)c(F)c2)C1. The summed E-state index contributed by atoms with van der Waals surface area (Å²) in [6.07, 6.45) is 1.52. The number of hydrogen-bond donors (Lipinski definition) is 1. The highest BCUT2D eigenvalue weighted by molar-refractivity contribution is 5.68. The quantitative estimate of drug-likeness (QED) is 0.810. The van der Waals surface area contributed by atoms with Crippen LogP contribution in [0.25, 0.3) is 0 Å². The molecular weight excluding hydrogens is 353 g/mol. The topological polar surface area (TPSA) is 76.1 Å². The van der Waals surface area contributed by atoms with Crippen LogP contribution in [0.1, 0.15) is 45.6 Å². The van der Waals surface area contributed by atoms with E-state index in [0.29, 0.717) is 31.0 Å². The second kappa shape index (κ2) is 9.06. The Morgan fingerprint density at radius 1 is 1.33 bits per heavy atom. The van der Waals surface area contributed by atoms with Crippen LogP contribution in [-0.4, -0.2) is 47.4 Å². The molecule has 1 saturated heterocycles. The number of amides is 1. The largest absolute Gasteiger partial charge is 0.493 e. The monoisotopic (exact) mass is 381 g/mol. The Hall–Kier alpha value is -2.31. The Morgan fingerprint density at radius 3 is 2.70 bits per heavy atom. The molecule has 1 amide bonds. The van der Waals surface area contributed by atoms with Crippen LogP contribution in [0, 0.1) is 11.7 Å². The lowest BCUT2D eigenvalue weighted by molar-refractivity contribution is -0.136. The first kappa shape index (κ1) is 21.0. The number of benzene rings is 1. The molecule has 0 spiro atoms. The summed E-state index contributed by atoms with van der Waals surface area (Å²) in [5, 5.41) is 8.69. The van der Waals surface area contributed by atoms with Gasteiger partial charge in [-0.1, -0.05) is 6.07 Å². The van der Waals surface area contributed by atoms with E-state index in [-0.39, 0.29) is 24.9 Å². The molecule has 1 aliphatic rings. The lowest BCUT2D eigenvalue weighted by Crippen LogP contribution is -2.44. The van der Waals surface area contributed by atoms with Gasteiger partial charge in [-0.25, -0.2) is 9.18 Å². The zero-order valence-electron chi connectivity index (χ0n) is 16.2. The molecule has 0 saturated carbocycles. The predicted octanol–water partition coefficient (Wildman–Crippen LogP) is 3.87. The fraction of sp³-hybridized carbons (Fsp3) is 0.600. The zero-order valence-corrected chi connectivity index (χ0v) is 16.2. The molecule has 1 aromatic carbocycles. The van der Waals surface area contributed by atoms with Crippen LogP contribution in [-0.2, 0) is 16.0 Å². The number of carbonyl (C=O) groups excluding carboxylic acids is 1. The first-order valence-electron chi connectivity index (χ1n) is 9.25. The van der Waals surface area contributed by atoms with Crippen molar-refractivity contribution in [3.05, 3.63) is 29.6 Å². The normalized spacial score (nSPS) is 17.5. The highest BCUT2D eigenvalue weighted by atomic mass is 19.1. The molecule has 1 N–H and O–H groups in total. The summed E-state index contributed by atoms with van der Waals surface area (Å²) in [7, 11) is 0. The summed E-state index contributed by atoms with van der Waals surface area (Å²) in [6.45, 7) is 7.11. The van der Waals surface area contributed by atoms with Crippen LogP contribution in [0.2, 0.25) is 0 Å². The van der Waals surface area contributed by atoms with E-state index in [4.69, 9.17) is 14.6 Å². The maximum absolute atomic E-state index is 14.0. The molecule has 27 heavy (non-hydrogen) atoms. The van der Waals surface area contributed by atoms with Gasteiger partial charge < -0.3 is 19.5 Å². The number of aryl methyl sites for hydroxylation is 1. The van der Waals surface area contributed by atoms with E-state index >= 15 is 0 Å². The maximum Gasteiger partial charge on any atom is 0.410 e. The van der Waals surface area contributed by atoms with Crippen LogP contribution < -0.4 is 4.74 Å². The van der Waals surface area contributed by atoms with Gasteiger partial charge in [0.25, 0.3) is 0 Å². The van der Waals surface area contributed by atoms with Crippen LogP contribution in [0.3, 0.4) is 0 Å². The minimum atomic E-state index is -0.957. The van der Waals surface area contributed by atoms with Gasteiger partial charge in [0, 0.05) is 31.5 Å². The number of carboxylic acids is 1. The van der Waals surface area contributed by atoms with Crippen LogP contribution >= 0.6 is 0 Å². The average molecular weight is 381 g/mol. The highest BCUT2D eigenvalue weighted by Gasteiger charge is 2.28. The fourth-order valence-electron chi connectivity index (χ4n) is 2.97. The summed E-state index contributed by atoms with van der Waals surface area (Å²) < 4.78 is 25.2. The summed E-state index contributed by atoms with van der Waals surface area (Å²) in [5.41, 5.74) is -0.168. The molecule has 6 nitrogen and oxygen atoms in total. The number of carboxylic acid groups (broad SMARTS) is 1. The van der Waals surface area contributed by atoms with Crippen molar-refractivity contribution in [2.75, 3.05) is 19.7 Å². The number of halogens is 1. The Bertz CT molecular complexity index is 671. The molecule has 0 aromatic heterocycles. The second-order valence-corrected chi connectivity index (χ2v) is 7.89. The Kier molecular flexibility index (Phi) is 7.05. The van der Waals surface area contributed by atoms with Gasteiger partial charge in [-0.2, -0.15) is 0 Å². The van der Waals surface area contributed by atoms with Gasteiger partial charge in [-0.3, -0.25) is 4.79 Å². The van der Waals surface area contributed by atoms with Crippen molar-refractivity contribution in [2.24, 2.45) is 5.92 Å². The smallest absolute Gasteiger partial charge is 0.410 e. The summed E-state index contributed by atoms with van der Waals surface area (Å²) in [5.74, 6) is -0.865. The van der Waals surface area contributed by atoms with Crippen LogP contribution in [0.15, 0.2) is 18.2 Å². The van der Waals surface area contributed by atoms with Crippen molar-refractivity contribution in [2.45, 2.75) is 52.1 Å². The molecule has 1 aromatic rings. The summed E-state index contributed by atoms with van der Waals surface area (Å²) in [4.78, 5) is 24.5. The Morgan fingerprint density at radius 2 is 2.07 bits per heavy atom. The van der Waals surface area contributed by atoms with Gasteiger partial charge in [-0.15, -0.1) is 0 Å². The van der Waals surface area contributed by atoms with E-state index in [1.807, 2.05) is 20.8 Å². The molecule has 150 valence electrons. The number of piperidine rings is 1. The van der Waals surface area contributed by atoms with E-state index in [0.717, 1.165) is 12.8 Å². The molecular formula is C20H28FNO5. The number of carbonyl (C=O) groups is 2. The van der Waals surface area contributed by atoms with Crippen LogP contribution in [0.4, 0.5) is 9.18 Å². The molecule has 0 aliphatic carbocycles. The van der Waals surface area contributed by atoms with Gasteiger partial charge in [-0.05, 0) is 51.7 Å². The second-order valence-electron chi connectivity index (χ2n) is 7.89. The number of hydrogen-bond acceptors (Lipinski definition) is 4. The third-order valence-electron chi connectivity index (χ3n) is 4.29. The lowest BCUT2D eigenvalue weighted by Gasteiger charge is -2.34. The third-order valence-corrected chi connectivity index (χ3v) is 4.29. The maximum atomic E-state index is 14.0. The minimum Gasteiger partial charge on any atom is -0.493 e. The van der Waals surface area contributed by atoms with Crippen molar-refractivity contribution < 1.29 is 28.6 Å². The Balaban J connectivity index is 1.86. The summed E-state index contributed by atoms with van der Waals surface area (Å²) >= 11 is 0. The van der Waals surface area contributed by atoms with Gasteiger partial charge >= 0.3 is 12.1 Å². The number of rotatable bonds is 6. The van der Waals surface area contributed by atoms with Crippen molar-refractivity contribution >= 4 is 12.1 Å².